The number of H-pyrrole nitrogens is 1. The molecule has 3 heterocycles. The number of rotatable bonds is 3. The maximum Gasteiger partial charge on any atom is 0.259 e. The number of aromatic amines is 1. The smallest absolute Gasteiger partial charge is 0.259 e. The van der Waals surface area contributed by atoms with Gasteiger partial charge in [0, 0.05) is 36.7 Å². The Labute approximate surface area is 179 Å². The highest BCUT2D eigenvalue weighted by Gasteiger charge is 2.27. The van der Waals surface area contributed by atoms with Crippen LogP contribution in [0.4, 0.5) is 10.1 Å². The van der Waals surface area contributed by atoms with Crippen molar-refractivity contribution < 1.29 is 4.39 Å². The van der Waals surface area contributed by atoms with Gasteiger partial charge in [-0.3, -0.25) is 9.69 Å². The van der Waals surface area contributed by atoms with Crippen LogP contribution < -0.4 is 10.5 Å². The number of fused-ring (bicyclic) bond motifs is 3. The Morgan fingerprint density at radius 1 is 1.20 bits per heavy atom. The summed E-state index contributed by atoms with van der Waals surface area (Å²) in [5.41, 5.74) is 2.29. The molecule has 2 atom stereocenters. The molecule has 0 bridgehead atoms. The van der Waals surface area contributed by atoms with Gasteiger partial charge < -0.3 is 9.88 Å². The topological polar surface area (TPSA) is 52.2 Å². The van der Waals surface area contributed by atoms with Crippen molar-refractivity contribution in [3.8, 4) is 0 Å². The van der Waals surface area contributed by atoms with E-state index in [-0.39, 0.29) is 17.4 Å². The molecule has 2 aliphatic rings. The fourth-order valence-electron chi connectivity index (χ4n) is 4.76. The van der Waals surface area contributed by atoms with Crippen molar-refractivity contribution in [2.45, 2.75) is 39.2 Å². The number of piperazine rings is 1. The van der Waals surface area contributed by atoms with E-state index >= 15 is 0 Å². The largest absolute Gasteiger partial charge is 0.369 e. The molecule has 0 radical (unpaired) electrons. The molecule has 1 fully saturated rings. The van der Waals surface area contributed by atoms with Gasteiger partial charge in [-0.2, -0.15) is 0 Å². The van der Waals surface area contributed by atoms with Gasteiger partial charge in [0.05, 0.1) is 11.4 Å². The minimum Gasteiger partial charge on any atom is -0.369 e. The van der Waals surface area contributed by atoms with E-state index in [1.807, 2.05) is 12.1 Å². The lowest BCUT2D eigenvalue weighted by atomic mass is 9.89. The van der Waals surface area contributed by atoms with Crippen molar-refractivity contribution in [3.05, 3.63) is 56.7 Å². The SMILES string of the molecule is C[C@@H]1CCc2c(sc3nc([C@@H](C)N4CCN(c5ccc(F)cc5)CC4)[nH]c(=O)c23)C1. The number of anilines is 1. The summed E-state index contributed by atoms with van der Waals surface area (Å²) in [6, 6.07) is 6.74. The molecular weight excluding hydrogens is 399 g/mol. The van der Waals surface area contributed by atoms with Crippen molar-refractivity contribution in [2.24, 2.45) is 5.92 Å². The lowest BCUT2D eigenvalue weighted by Gasteiger charge is -2.38. The van der Waals surface area contributed by atoms with Gasteiger partial charge in [-0.05, 0) is 61.9 Å². The molecule has 0 spiro atoms. The number of benzene rings is 1. The standard InChI is InChI=1S/C23H27FN4OS/c1-14-3-8-18-19(13-14)30-23-20(18)22(29)25-21(26-23)15(2)27-9-11-28(12-10-27)17-6-4-16(24)5-7-17/h4-7,14-15H,3,8-13H2,1-2H3,(H,25,26,29)/t14-,15-/m1/s1. The molecule has 1 aliphatic heterocycles. The second-order valence-corrected chi connectivity index (χ2v) is 9.74. The number of aryl methyl sites for hydroxylation is 1. The van der Waals surface area contributed by atoms with Crippen LogP contribution in [-0.2, 0) is 12.8 Å². The molecule has 1 aliphatic carbocycles. The Hall–Kier alpha value is -2.25. The zero-order valence-corrected chi connectivity index (χ0v) is 18.3. The van der Waals surface area contributed by atoms with E-state index in [9.17, 15) is 9.18 Å². The number of thiophene rings is 1. The summed E-state index contributed by atoms with van der Waals surface area (Å²) in [6.45, 7) is 7.89. The number of halogens is 1. The molecule has 5 rings (SSSR count). The van der Waals surface area contributed by atoms with E-state index in [1.165, 1.54) is 22.6 Å². The summed E-state index contributed by atoms with van der Waals surface area (Å²) < 4.78 is 13.2. The van der Waals surface area contributed by atoms with E-state index < -0.39 is 0 Å². The first-order valence-electron chi connectivity index (χ1n) is 10.8. The first-order chi connectivity index (χ1) is 14.5. The van der Waals surface area contributed by atoms with Gasteiger partial charge in [-0.1, -0.05) is 6.92 Å². The molecule has 3 aromatic rings. The maximum absolute atomic E-state index is 13.2. The minimum atomic E-state index is -0.207. The van der Waals surface area contributed by atoms with Gasteiger partial charge in [-0.25, -0.2) is 9.37 Å². The maximum atomic E-state index is 13.2. The van der Waals surface area contributed by atoms with Gasteiger partial charge >= 0.3 is 0 Å². The number of aromatic nitrogens is 2. The number of nitrogens with zero attached hydrogens (tertiary/aromatic N) is 3. The third-order valence-corrected chi connectivity index (χ3v) is 7.78. The van der Waals surface area contributed by atoms with Crippen LogP contribution >= 0.6 is 11.3 Å². The molecule has 0 saturated carbocycles. The molecule has 2 aromatic heterocycles. The molecular formula is C23H27FN4OS. The summed E-state index contributed by atoms with van der Waals surface area (Å²) in [5.74, 6) is 1.23. The number of nitrogens with one attached hydrogen (secondary N) is 1. The van der Waals surface area contributed by atoms with Crippen molar-refractivity contribution in [1.82, 2.24) is 14.9 Å². The molecule has 30 heavy (non-hydrogen) atoms. The van der Waals surface area contributed by atoms with Crippen molar-refractivity contribution >= 4 is 27.2 Å². The molecule has 1 aromatic carbocycles. The van der Waals surface area contributed by atoms with Crippen LogP contribution in [0, 0.1) is 11.7 Å². The van der Waals surface area contributed by atoms with Crippen LogP contribution in [0.3, 0.4) is 0 Å². The van der Waals surface area contributed by atoms with Crippen molar-refractivity contribution in [2.75, 3.05) is 31.1 Å². The van der Waals surface area contributed by atoms with Crippen LogP contribution in [0.25, 0.3) is 10.2 Å². The fourth-order valence-corrected chi connectivity index (χ4v) is 6.15. The third kappa shape index (κ3) is 3.54. The second kappa shape index (κ2) is 7.78. The van der Waals surface area contributed by atoms with Crippen LogP contribution in [0.1, 0.15) is 42.6 Å². The van der Waals surface area contributed by atoms with Crippen LogP contribution in [0.5, 0.6) is 0 Å². The van der Waals surface area contributed by atoms with E-state index in [0.29, 0.717) is 5.92 Å². The predicted molar refractivity (Wildman–Crippen MR) is 120 cm³/mol. The molecule has 5 nitrogen and oxygen atoms in total. The molecule has 1 N–H and O–H groups in total. The van der Waals surface area contributed by atoms with Gasteiger partial charge in [0.1, 0.15) is 16.5 Å². The van der Waals surface area contributed by atoms with E-state index in [0.717, 1.165) is 67.2 Å². The quantitative estimate of drug-likeness (QED) is 0.684. The Morgan fingerprint density at radius 2 is 1.93 bits per heavy atom. The Kier molecular flexibility index (Phi) is 5.11. The first-order valence-corrected chi connectivity index (χ1v) is 11.6. The molecule has 0 amide bonds. The van der Waals surface area contributed by atoms with Gasteiger partial charge in [0.2, 0.25) is 0 Å². The molecule has 0 unspecified atom stereocenters. The van der Waals surface area contributed by atoms with Crippen LogP contribution in [-0.4, -0.2) is 41.0 Å². The lowest BCUT2D eigenvalue weighted by molar-refractivity contribution is 0.192. The summed E-state index contributed by atoms with van der Waals surface area (Å²) in [4.78, 5) is 27.8. The zero-order valence-electron chi connectivity index (χ0n) is 17.4. The zero-order chi connectivity index (χ0) is 20.8. The van der Waals surface area contributed by atoms with E-state index in [1.54, 1.807) is 11.3 Å². The van der Waals surface area contributed by atoms with E-state index in [4.69, 9.17) is 4.98 Å². The molecule has 7 heteroatoms. The lowest BCUT2D eigenvalue weighted by Crippen LogP contribution is -2.47. The highest BCUT2D eigenvalue weighted by atomic mass is 32.1. The van der Waals surface area contributed by atoms with Gasteiger partial charge in [-0.15, -0.1) is 11.3 Å². The molecule has 158 valence electrons. The Morgan fingerprint density at radius 3 is 2.67 bits per heavy atom. The highest BCUT2D eigenvalue weighted by Crippen LogP contribution is 2.36. The summed E-state index contributed by atoms with van der Waals surface area (Å²) >= 11 is 1.71. The minimum absolute atomic E-state index is 0.0128. The van der Waals surface area contributed by atoms with Crippen LogP contribution in [0.2, 0.25) is 0 Å². The van der Waals surface area contributed by atoms with Crippen molar-refractivity contribution in [1.29, 1.82) is 0 Å². The Balaban J connectivity index is 1.34. The summed E-state index contributed by atoms with van der Waals surface area (Å²) in [6.07, 6.45) is 3.20. The third-order valence-electron chi connectivity index (χ3n) is 6.63. The average molecular weight is 427 g/mol. The predicted octanol–water partition coefficient (Wildman–Crippen LogP) is 4.13. The highest BCUT2D eigenvalue weighted by molar-refractivity contribution is 7.18. The van der Waals surface area contributed by atoms with E-state index in [2.05, 4.69) is 28.6 Å². The summed E-state index contributed by atoms with van der Waals surface area (Å²) in [7, 11) is 0. The number of hydrogen-bond donors (Lipinski definition) is 1. The average Bonchev–Trinajstić information content (AvgIpc) is 3.11. The van der Waals surface area contributed by atoms with Gasteiger partial charge in [0.25, 0.3) is 5.56 Å². The normalized spacial score (nSPS) is 21.0. The monoisotopic (exact) mass is 426 g/mol. The Bertz CT molecular complexity index is 1110. The second-order valence-electron chi connectivity index (χ2n) is 8.66. The van der Waals surface area contributed by atoms with Crippen molar-refractivity contribution in [3.63, 3.8) is 0 Å². The first kappa shape index (κ1) is 19.7. The summed E-state index contributed by atoms with van der Waals surface area (Å²) in [5, 5.41) is 0.818. The van der Waals surface area contributed by atoms with Gasteiger partial charge in [0.15, 0.2) is 0 Å². The fraction of sp³-hybridized carbons (Fsp3) is 0.478. The number of hydrogen-bond acceptors (Lipinski definition) is 5. The van der Waals surface area contributed by atoms with Crippen LogP contribution in [0.15, 0.2) is 29.1 Å². The molecule has 1 saturated heterocycles.